The molecule has 0 aliphatic carbocycles. The predicted molar refractivity (Wildman–Crippen MR) is 117 cm³/mol. The van der Waals surface area contributed by atoms with Gasteiger partial charge < -0.3 is 20.5 Å². The lowest BCUT2D eigenvalue weighted by molar-refractivity contribution is -0.122. The molecule has 1 saturated heterocycles. The minimum absolute atomic E-state index is 0.000427. The van der Waals surface area contributed by atoms with Gasteiger partial charge >= 0.3 is 0 Å². The first kappa shape index (κ1) is 21.2. The van der Waals surface area contributed by atoms with Crippen molar-refractivity contribution in [2.75, 3.05) is 19.7 Å². The van der Waals surface area contributed by atoms with Gasteiger partial charge in [-0.3, -0.25) is 14.5 Å². The van der Waals surface area contributed by atoms with E-state index in [1.54, 1.807) is 24.3 Å². The summed E-state index contributed by atoms with van der Waals surface area (Å²) in [5, 5.41) is 15.8. The molecule has 4 bridgehead atoms. The first-order valence-electron chi connectivity index (χ1n) is 10.8. The van der Waals surface area contributed by atoms with E-state index in [1.165, 1.54) is 0 Å². The second-order valence-corrected chi connectivity index (χ2v) is 8.32. The van der Waals surface area contributed by atoms with Crippen LogP contribution in [0.2, 0.25) is 0 Å². The number of nitrogens with zero attached hydrogens (tertiary/aromatic N) is 1. The van der Waals surface area contributed by atoms with Gasteiger partial charge in [0.25, 0.3) is 5.91 Å². The number of ether oxygens (including phenoxy) is 1. The molecule has 164 valence electrons. The van der Waals surface area contributed by atoms with Crippen LogP contribution in [0.4, 0.5) is 0 Å². The minimum Gasteiger partial charge on any atom is -0.508 e. The molecule has 2 aliphatic heterocycles. The molecule has 0 saturated carbocycles. The molecule has 7 nitrogen and oxygen atoms in total. The van der Waals surface area contributed by atoms with E-state index in [1.807, 2.05) is 25.1 Å². The number of benzene rings is 2. The number of rotatable bonds is 2. The summed E-state index contributed by atoms with van der Waals surface area (Å²) in [6, 6.07) is 12.8. The van der Waals surface area contributed by atoms with E-state index in [4.69, 9.17) is 4.74 Å². The molecule has 4 rings (SSSR count). The van der Waals surface area contributed by atoms with Gasteiger partial charge in [-0.15, -0.1) is 0 Å². The van der Waals surface area contributed by atoms with E-state index in [9.17, 15) is 14.7 Å². The third-order valence-electron chi connectivity index (χ3n) is 6.10. The summed E-state index contributed by atoms with van der Waals surface area (Å²) >= 11 is 0. The number of hydrogen-bond acceptors (Lipinski definition) is 5. The van der Waals surface area contributed by atoms with Crippen molar-refractivity contribution in [2.24, 2.45) is 0 Å². The van der Waals surface area contributed by atoms with Gasteiger partial charge in [-0.2, -0.15) is 0 Å². The van der Waals surface area contributed by atoms with Crippen LogP contribution < -0.4 is 15.4 Å². The van der Waals surface area contributed by atoms with E-state index in [-0.39, 0.29) is 29.6 Å². The topological polar surface area (TPSA) is 90.9 Å². The van der Waals surface area contributed by atoms with Crippen molar-refractivity contribution in [3.63, 3.8) is 0 Å². The molecule has 0 spiro atoms. The Morgan fingerprint density at radius 1 is 1.10 bits per heavy atom. The molecule has 1 fully saturated rings. The highest BCUT2D eigenvalue weighted by Crippen LogP contribution is 2.29. The van der Waals surface area contributed by atoms with Crippen LogP contribution in [0, 0.1) is 6.92 Å². The number of amides is 2. The van der Waals surface area contributed by atoms with Crippen molar-refractivity contribution in [3.8, 4) is 11.5 Å². The monoisotopic (exact) mass is 423 g/mol. The highest BCUT2D eigenvalue weighted by Gasteiger charge is 2.34. The Hall–Kier alpha value is -3.06. The number of fused-ring (bicyclic) bond motifs is 4. The quantitative estimate of drug-likeness (QED) is 0.690. The van der Waals surface area contributed by atoms with Crippen LogP contribution >= 0.6 is 0 Å². The highest BCUT2D eigenvalue weighted by molar-refractivity contribution is 5.94. The van der Waals surface area contributed by atoms with Gasteiger partial charge in [-0.25, -0.2) is 0 Å². The highest BCUT2D eigenvalue weighted by atomic mass is 16.5. The standard InChI is InChI=1S/C24H29N3O4/c1-16-5-6-18-12-22(16)31-10-9-25-23(29)13-19-7-8-20(14-26-24(18)30)27(19)15-17-3-2-4-21(28)11-17/h2-6,11-12,19-20,28H,7-10,13-15H2,1H3,(H,25,29)(H,26,30)/t19-,20+/m0/s1. The predicted octanol–water partition coefficient (Wildman–Crippen LogP) is 2.36. The number of nitrogens with one attached hydrogen (secondary N) is 2. The Morgan fingerprint density at radius 3 is 2.77 bits per heavy atom. The molecule has 2 aliphatic rings. The lowest BCUT2D eigenvalue weighted by Crippen LogP contribution is -2.44. The fourth-order valence-electron chi connectivity index (χ4n) is 4.42. The molecule has 2 aromatic carbocycles. The Morgan fingerprint density at radius 2 is 1.94 bits per heavy atom. The van der Waals surface area contributed by atoms with Crippen LogP contribution in [0.15, 0.2) is 42.5 Å². The number of aryl methyl sites for hydroxylation is 1. The summed E-state index contributed by atoms with van der Waals surface area (Å²) in [6.45, 7) is 3.81. The first-order chi connectivity index (χ1) is 15.0. The van der Waals surface area contributed by atoms with Crippen molar-refractivity contribution < 1.29 is 19.4 Å². The molecule has 0 aromatic heterocycles. The fraction of sp³-hybridized carbons (Fsp3) is 0.417. The molecule has 2 atom stereocenters. The van der Waals surface area contributed by atoms with Crippen LogP contribution in [0.3, 0.4) is 0 Å². The van der Waals surface area contributed by atoms with Gasteiger partial charge in [-0.1, -0.05) is 18.2 Å². The van der Waals surface area contributed by atoms with E-state index in [0.29, 0.717) is 44.0 Å². The van der Waals surface area contributed by atoms with Crippen molar-refractivity contribution in [3.05, 3.63) is 59.2 Å². The Bertz CT molecular complexity index is 962. The summed E-state index contributed by atoms with van der Waals surface area (Å²) in [6.07, 6.45) is 2.19. The number of carbonyl (C=O) groups excluding carboxylic acids is 2. The molecule has 2 aromatic rings. The lowest BCUT2D eigenvalue weighted by Gasteiger charge is -2.30. The van der Waals surface area contributed by atoms with E-state index < -0.39 is 0 Å². The summed E-state index contributed by atoms with van der Waals surface area (Å²) in [5.41, 5.74) is 2.50. The zero-order valence-corrected chi connectivity index (χ0v) is 17.8. The van der Waals surface area contributed by atoms with E-state index in [0.717, 1.165) is 24.0 Å². The Kier molecular flexibility index (Phi) is 6.42. The van der Waals surface area contributed by atoms with E-state index in [2.05, 4.69) is 15.5 Å². The second-order valence-electron chi connectivity index (χ2n) is 8.32. The summed E-state index contributed by atoms with van der Waals surface area (Å²) in [4.78, 5) is 27.6. The van der Waals surface area contributed by atoms with Gasteiger partial charge in [0.15, 0.2) is 0 Å². The summed E-state index contributed by atoms with van der Waals surface area (Å²) in [5.74, 6) is 0.752. The third kappa shape index (κ3) is 5.17. The van der Waals surface area contributed by atoms with Gasteiger partial charge in [0, 0.05) is 37.2 Å². The number of phenolic OH excluding ortho intramolecular Hbond substituents is 1. The van der Waals surface area contributed by atoms with Crippen molar-refractivity contribution in [1.82, 2.24) is 15.5 Å². The van der Waals surface area contributed by atoms with Crippen molar-refractivity contribution in [1.29, 1.82) is 0 Å². The van der Waals surface area contributed by atoms with Crippen LogP contribution in [-0.4, -0.2) is 53.6 Å². The van der Waals surface area contributed by atoms with E-state index >= 15 is 0 Å². The zero-order valence-electron chi connectivity index (χ0n) is 17.8. The van der Waals surface area contributed by atoms with Crippen LogP contribution in [0.5, 0.6) is 11.5 Å². The maximum Gasteiger partial charge on any atom is 0.251 e. The average molecular weight is 424 g/mol. The lowest BCUT2D eigenvalue weighted by atomic mass is 10.1. The molecule has 0 radical (unpaired) electrons. The largest absolute Gasteiger partial charge is 0.508 e. The maximum absolute atomic E-state index is 12.8. The molecule has 2 heterocycles. The maximum atomic E-state index is 12.8. The summed E-state index contributed by atoms with van der Waals surface area (Å²) < 4.78 is 5.79. The van der Waals surface area contributed by atoms with Gasteiger partial charge in [0.2, 0.25) is 5.91 Å². The van der Waals surface area contributed by atoms with Crippen molar-refractivity contribution >= 4 is 11.8 Å². The van der Waals surface area contributed by atoms with Crippen LogP contribution in [0.1, 0.15) is 40.7 Å². The molecular weight excluding hydrogens is 394 g/mol. The van der Waals surface area contributed by atoms with Gasteiger partial charge in [-0.05, 0) is 55.2 Å². The smallest absolute Gasteiger partial charge is 0.251 e. The molecule has 2 amide bonds. The molecule has 0 unspecified atom stereocenters. The zero-order chi connectivity index (χ0) is 21.8. The van der Waals surface area contributed by atoms with Gasteiger partial charge in [0.1, 0.15) is 18.1 Å². The van der Waals surface area contributed by atoms with Crippen LogP contribution in [-0.2, 0) is 11.3 Å². The molecule has 7 heteroatoms. The minimum atomic E-state index is -0.130. The Balaban J connectivity index is 1.56. The average Bonchev–Trinajstić information content (AvgIpc) is 3.11. The SMILES string of the molecule is Cc1ccc2cc1OCCNC(=O)C[C@@H]1CC[C@H](CNC2=O)N1Cc1cccc(O)c1. The Labute approximate surface area is 182 Å². The number of hydrogen-bond donors (Lipinski definition) is 3. The second kappa shape index (κ2) is 9.39. The van der Waals surface area contributed by atoms with Crippen molar-refractivity contribution in [2.45, 2.75) is 44.8 Å². The summed E-state index contributed by atoms with van der Waals surface area (Å²) in [7, 11) is 0. The molecule has 31 heavy (non-hydrogen) atoms. The number of aromatic hydroxyl groups is 1. The number of carbonyl (C=O) groups is 2. The van der Waals surface area contributed by atoms with Gasteiger partial charge in [0.05, 0.1) is 6.54 Å². The van der Waals surface area contributed by atoms with Crippen LogP contribution in [0.25, 0.3) is 0 Å². The molecular formula is C24H29N3O4. The normalized spacial score (nSPS) is 22.6. The fourth-order valence-corrected chi connectivity index (χ4v) is 4.42. The molecule has 3 N–H and O–H groups in total. The number of phenols is 1. The third-order valence-corrected chi connectivity index (χ3v) is 6.10. The first-order valence-corrected chi connectivity index (χ1v) is 10.8.